The van der Waals surface area contributed by atoms with Gasteiger partial charge in [0.1, 0.15) is 5.75 Å². The highest BCUT2D eigenvalue weighted by Gasteiger charge is 2.34. The van der Waals surface area contributed by atoms with Gasteiger partial charge in [-0.15, -0.1) is 0 Å². The van der Waals surface area contributed by atoms with Gasteiger partial charge in [0.25, 0.3) is 5.91 Å². The Morgan fingerprint density at radius 2 is 1.28 bits per heavy atom. The summed E-state index contributed by atoms with van der Waals surface area (Å²) in [7, 11) is 0. The number of hydrogen-bond acceptors (Lipinski definition) is 6. The van der Waals surface area contributed by atoms with E-state index >= 15 is 0 Å². The first-order valence-corrected chi connectivity index (χ1v) is 10.0. The third kappa shape index (κ3) is 3.30. The summed E-state index contributed by atoms with van der Waals surface area (Å²) in [5, 5.41) is 1.35. The fourth-order valence-electron chi connectivity index (χ4n) is 3.82. The van der Waals surface area contributed by atoms with E-state index < -0.39 is 23.7 Å². The number of para-hydroxylation sites is 2. The molecule has 0 radical (unpaired) electrons. The Hall–Kier alpha value is -4.39. The van der Waals surface area contributed by atoms with E-state index in [1.54, 1.807) is 0 Å². The van der Waals surface area contributed by atoms with Gasteiger partial charge in [0.2, 0.25) is 11.8 Å². The van der Waals surface area contributed by atoms with Gasteiger partial charge in [0.15, 0.2) is 0 Å². The van der Waals surface area contributed by atoms with Crippen molar-refractivity contribution in [1.29, 1.82) is 0 Å². The fraction of sp³-hybridized carbons (Fsp3) is 0.0800. The summed E-state index contributed by atoms with van der Waals surface area (Å²) >= 11 is 0. The first-order valence-electron chi connectivity index (χ1n) is 10.0. The molecule has 0 saturated carbocycles. The number of rotatable bonds is 3. The summed E-state index contributed by atoms with van der Waals surface area (Å²) in [6.45, 7) is 0. The van der Waals surface area contributed by atoms with Gasteiger partial charge < -0.3 is 4.74 Å². The van der Waals surface area contributed by atoms with Gasteiger partial charge in [0.05, 0.1) is 16.6 Å². The number of amides is 3. The van der Waals surface area contributed by atoms with Crippen LogP contribution in [-0.4, -0.2) is 33.6 Å². The molecule has 4 aromatic rings. The maximum absolute atomic E-state index is 13.1. The molecule has 1 fully saturated rings. The average molecular weight is 424 g/mol. The molecule has 0 unspecified atom stereocenters. The average Bonchev–Trinajstić information content (AvgIpc) is 3.15. The highest BCUT2D eigenvalue weighted by atomic mass is 16.5. The van der Waals surface area contributed by atoms with E-state index in [0.717, 1.165) is 0 Å². The molecular weight excluding hydrogens is 408 g/mol. The molecule has 2 heterocycles. The summed E-state index contributed by atoms with van der Waals surface area (Å²) in [6, 6.07) is 20.4. The van der Waals surface area contributed by atoms with Crippen LogP contribution in [0.5, 0.6) is 5.75 Å². The van der Waals surface area contributed by atoms with Gasteiger partial charge in [-0.25, -0.2) is 14.7 Å². The Morgan fingerprint density at radius 1 is 0.750 bits per heavy atom. The van der Waals surface area contributed by atoms with Gasteiger partial charge in [-0.2, -0.15) is 0 Å². The molecule has 0 bridgehead atoms. The molecule has 0 N–H and O–H groups in total. The van der Waals surface area contributed by atoms with Gasteiger partial charge in [0, 0.05) is 29.2 Å². The second kappa shape index (κ2) is 7.70. The molecule has 0 aliphatic carbocycles. The largest absolute Gasteiger partial charge is 0.423 e. The van der Waals surface area contributed by atoms with Crippen molar-refractivity contribution in [3.8, 4) is 5.75 Å². The number of likely N-dealkylation sites (tertiary alicyclic amines) is 1. The van der Waals surface area contributed by atoms with Crippen molar-refractivity contribution < 1.29 is 23.9 Å². The van der Waals surface area contributed by atoms with Crippen LogP contribution < -0.4 is 4.74 Å². The number of benzene rings is 3. The Balaban J connectivity index is 1.46. The van der Waals surface area contributed by atoms with Gasteiger partial charge >= 0.3 is 5.97 Å². The molecule has 3 aromatic carbocycles. The number of ether oxygens (including phenoxy) is 1. The van der Waals surface area contributed by atoms with Crippen LogP contribution in [-0.2, 0) is 9.59 Å². The van der Waals surface area contributed by atoms with Crippen molar-refractivity contribution in [1.82, 2.24) is 9.88 Å². The second-order valence-corrected chi connectivity index (χ2v) is 7.36. The standard InChI is InChI=1S/C25H16N2O5/c28-21-13-14-22(29)27(21)24(30)15-9-11-16(12-10-15)32-25(31)23-17-5-1-3-7-19(17)26-20-8-4-2-6-18(20)23/h1-12H,13-14H2. The third-order valence-electron chi connectivity index (χ3n) is 5.36. The number of esters is 1. The van der Waals surface area contributed by atoms with Gasteiger partial charge in [-0.1, -0.05) is 36.4 Å². The summed E-state index contributed by atoms with van der Waals surface area (Å²) in [5.41, 5.74) is 1.92. The number of fused-ring (bicyclic) bond motifs is 2. The number of aromatic nitrogens is 1. The van der Waals surface area contributed by atoms with Crippen LogP contribution in [0.2, 0.25) is 0 Å². The van der Waals surface area contributed by atoms with E-state index in [1.165, 1.54) is 24.3 Å². The molecule has 156 valence electrons. The zero-order valence-electron chi connectivity index (χ0n) is 16.8. The lowest BCUT2D eigenvalue weighted by Crippen LogP contribution is -2.35. The van der Waals surface area contributed by atoms with Crippen LogP contribution in [0.1, 0.15) is 33.6 Å². The second-order valence-electron chi connectivity index (χ2n) is 7.36. The molecule has 1 aromatic heterocycles. The first kappa shape index (κ1) is 19.6. The predicted octanol–water partition coefficient (Wildman–Crippen LogP) is 3.90. The zero-order valence-corrected chi connectivity index (χ0v) is 16.8. The molecule has 0 spiro atoms. The fourth-order valence-corrected chi connectivity index (χ4v) is 3.82. The first-order chi connectivity index (χ1) is 15.5. The number of nitrogens with zero attached hydrogens (tertiary/aromatic N) is 2. The lowest BCUT2D eigenvalue weighted by Gasteiger charge is -2.13. The highest BCUT2D eigenvalue weighted by Crippen LogP contribution is 2.27. The molecule has 1 aliphatic rings. The molecule has 3 amide bonds. The Morgan fingerprint density at radius 3 is 1.84 bits per heavy atom. The minimum atomic E-state index is -0.679. The SMILES string of the molecule is O=C(Oc1ccc(C(=O)N2C(=O)CCC2=O)cc1)c1c2ccccc2nc2ccccc12. The minimum Gasteiger partial charge on any atom is -0.423 e. The Labute approximate surface area is 182 Å². The number of carbonyl (C=O) groups excluding carboxylic acids is 4. The monoisotopic (exact) mass is 424 g/mol. The molecular formula is C25H16N2O5. The van der Waals surface area contributed by atoms with Crippen LogP contribution in [0.3, 0.4) is 0 Å². The van der Waals surface area contributed by atoms with Crippen molar-refractivity contribution in [3.05, 3.63) is 83.9 Å². The Bertz CT molecular complexity index is 1360. The van der Waals surface area contributed by atoms with Crippen LogP contribution in [0.25, 0.3) is 21.8 Å². The maximum Gasteiger partial charge on any atom is 0.344 e. The van der Waals surface area contributed by atoms with Crippen molar-refractivity contribution in [2.45, 2.75) is 12.8 Å². The predicted molar refractivity (Wildman–Crippen MR) is 116 cm³/mol. The number of carbonyl (C=O) groups is 4. The molecule has 7 heteroatoms. The number of pyridine rings is 1. The normalized spacial score (nSPS) is 13.7. The molecule has 32 heavy (non-hydrogen) atoms. The molecule has 7 nitrogen and oxygen atoms in total. The summed E-state index contributed by atoms with van der Waals surface area (Å²) in [6.07, 6.45) is 0.0717. The van der Waals surface area contributed by atoms with Crippen LogP contribution in [0.4, 0.5) is 0 Å². The highest BCUT2D eigenvalue weighted by molar-refractivity contribution is 6.19. The van der Waals surface area contributed by atoms with E-state index in [-0.39, 0.29) is 24.2 Å². The summed E-state index contributed by atoms with van der Waals surface area (Å²) < 4.78 is 5.59. The van der Waals surface area contributed by atoms with Gasteiger partial charge in [-0.3, -0.25) is 14.4 Å². The molecule has 0 atom stereocenters. The molecule has 5 rings (SSSR count). The number of imide groups is 3. The Kier molecular flexibility index (Phi) is 4.71. The maximum atomic E-state index is 13.1. The summed E-state index contributed by atoms with van der Waals surface area (Å²) in [4.78, 5) is 54.5. The van der Waals surface area contributed by atoms with E-state index in [0.29, 0.717) is 32.3 Å². The van der Waals surface area contributed by atoms with Crippen molar-refractivity contribution in [2.75, 3.05) is 0 Å². The van der Waals surface area contributed by atoms with E-state index in [4.69, 9.17) is 4.74 Å². The molecule has 1 aliphatic heterocycles. The summed E-state index contributed by atoms with van der Waals surface area (Å²) in [5.74, 6) is -2.01. The van der Waals surface area contributed by atoms with Crippen molar-refractivity contribution in [2.24, 2.45) is 0 Å². The lowest BCUT2D eigenvalue weighted by molar-refractivity contribution is -0.134. The lowest BCUT2D eigenvalue weighted by atomic mass is 10.0. The van der Waals surface area contributed by atoms with E-state index in [9.17, 15) is 19.2 Å². The van der Waals surface area contributed by atoms with Gasteiger partial charge in [-0.05, 0) is 36.4 Å². The zero-order chi connectivity index (χ0) is 22.2. The minimum absolute atomic E-state index is 0.0358. The van der Waals surface area contributed by atoms with Crippen LogP contribution in [0.15, 0.2) is 72.8 Å². The van der Waals surface area contributed by atoms with Crippen LogP contribution >= 0.6 is 0 Å². The van der Waals surface area contributed by atoms with E-state index in [1.807, 2.05) is 48.5 Å². The van der Waals surface area contributed by atoms with Crippen molar-refractivity contribution in [3.63, 3.8) is 0 Å². The van der Waals surface area contributed by atoms with E-state index in [2.05, 4.69) is 4.98 Å². The third-order valence-corrected chi connectivity index (χ3v) is 5.36. The molecule has 1 saturated heterocycles. The van der Waals surface area contributed by atoms with Crippen molar-refractivity contribution >= 4 is 45.5 Å². The number of hydrogen-bond donors (Lipinski definition) is 0. The topological polar surface area (TPSA) is 93.6 Å². The quantitative estimate of drug-likeness (QED) is 0.214. The smallest absolute Gasteiger partial charge is 0.344 e. The van der Waals surface area contributed by atoms with Crippen LogP contribution in [0, 0.1) is 0 Å².